The fraction of sp³-hybridized carbons (Fsp3) is 0.522. The minimum Gasteiger partial charge on any atom is -0.369 e. The van der Waals surface area contributed by atoms with E-state index < -0.39 is 0 Å². The number of piperidine rings is 1. The molecule has 0 bridgehead atoms. The van der Waals surface area contributed by atoms with Crippen molar-refractivity contribution in [2.45, 2.75) is 53.2 Å². The van der Waals surface area contributed by atoms with Gasteiger partial charge in [-0.05, 0) is 51.3 Å². The van der Waals surface area contributed by atoms with Gasteiger partial charge >= 0.3 is 0 Å². The number of amides is 1. The van der Waals surface area contributed by atoms with Gasteiger partial charge < -0.3 is 16.4 Å². The van der Waals surface area contributed by atoms with E-state index in [-0.39, 0.29) is 11.8 Å². The normalized spacial score (nSPS) is 17.5. The Balaban J connectivity index is 1.58. The van der Waals surface area contributed by atoms with Gasteiger partial charge in [-0.15, -0.1) is 11.3 Å². The summed E-state index contributed by atoms with van der Waals surface area (Å²) < 4.78 is 0. The Morgan fingerprint density at radius 1 is 1.32 bits per heavy atom. The number of benzene rings is 1. The summed E-state index contributed by atoms with van der Waals surface area (Å²) in [6.07, 6.45) is 1.92. The van der Waals surface area contributed by atoms with Crippen LogP contribution < -0.4 is 16.4 Å². The first-order chi connectivity index (χ1) is 14.9. The van der Waals surface area contributed by atoms with E-state index in [1.54, 1.807) is 11.3 Å². The van der Waals surface area contributed by atoms with Crippen molar-refractivity contribution >= 4 is 23.2 Å². The highest BCUT2D eigenvalue weighted by atomic mass is 32.1. The predicted octanol–water partition coefficient (Wildman–Crippen LogP) is 2.71. The molecule has 2 heterocycles. The molecular weight excluding hydrogens is 408 g/mol. The van der Waals surface area contributed by atoms with Gasteiger partial charge in [0.1, 0.15) is 5.01 Å². The maximum atomic E-state index is 11.5. The summed E-state index contributed by atoms with van der Waals surface area (Å²) in [4.78, 5) is 24.4. The number of nitrogens with two attached hydrogens (primary N) is 1. The summed E-state index contributed by atoms with van der Waals surface area (Å²) in [7, 11) is 0. The lowest BCUT2D eigenvalue weighted by atomic mass is 9.97. The number of likely N-dealkylation sites (tertiary alicyclic amines) is 1. The summed E-state index contributed by atoms with van der Waals surface area (Å²) in [5, 5.41) is 7.75. The lowest BCUT2D eigenvalue weighted by Gasteiger charge is -2.31. The molecule has 1 saturated heterocycles. The monoisotopic (exact) mass is 442 g/mol. The SMILES string of the molecule is CCNC(=NCc1cccc(CN2CCCC(C(N)=O)C2)c1)NCc1nc(C)c(C)s1. The Hall–Kier alpha value is -2.45. The van der Waals surface area contributed by atoms with Crippen LogP contribution in [0.25, 0.3) is 0 Å². The molecule has 168 valence electrons. The predicted molar refractivity (Wildman–Crippen MR) is 127 cm³/mol. The Morgan fingerprint density at radius 3 is 2.84 bits per heavy atom. The second-order valence-corrected chi connectivity index (χ2v) is 9.38. The van der Waals surface area contributed by atoms with E-state index in [0.29, 0.717) is 13.1 Å². The maximum absolute atomic E-state index is 11.5. The Labute approximate surface area is 189 Å². The maximum Gasteiger partial charge on any atom is 0.221 e. The van der Waals surface area contributed by atoms with E-state index in [2.05, 4.69) is 58.6 Å². The highest BCUT2D eigenvalue weighted by Gasteiger charge is 2.23. The zero-order valence-corrected chi connectivity index (χ0v) is 19.6. The first kappa shape index (κ1) is 23.2. The molecule has 1 fully saturated rings. The van der Waals surface area contributed by atoms with Crippen molar-refractivity contribution in [1.82, 2.24) is 20.5 Å². The van der Waals surface area contributed by atoms with Gasteiger partial charge in [-0.1, -0.05) is 24.3 Å². The standard InChI is InChI=1S/C23H34N6OS/c1-4-25-23(27-13-21-28-16(2)17(3)31-21)26-12-18-7-5-8-19(11-18)14-29-10-6-9-20(15-29)22(24)30/h5,7-8,11,20H,4,6,9-10,12-15H2,1-3H3,(H2,24,30)(H2,25,26,27). The fourth-order valence-electron chi connectivity index (χ4n) is 3.80. The Bertz CT molecular complexity index is 890. The van der Waals surface area contributed by atoms with E-state index >= 15 is 0 Å². The molecule has 0 saturated carbocycles. The molecule has 7 nitrogen and oxygen atoms in total. The molecule has 1 aromatic carbocycles. The average Bonchev–Trinajstić information content (AvgIpc) is 3.08. The minimum absolute atomic E-state index is 0.0271. The number of hydrogen-bond donors (Lipinski definition) is 3. The number of nitrogens with one attached hydrogen (secondary N) is 2. The fourth-order valence-corrected chi connectivity index (χ4v) is 4.68. The highest BCUT2D eigenvalue weighted by Crippen LogP contribution is 2.19. The molecule has 8 heteroatoms. The van der Waals surface area contributed by atoms with Crippen molar-refractivity contribution in [3.63, 3.8) is 0 Å². The Morgan fingerprint density at radius 2 is 2.13 bits per heavy atom. The number of aromatic nitrogens is 1. The van der Waals surface area contributed by atoms with Gasteiger partial charge in [0.2, 0.25) is 5.91 Å². The van der Waals surface area contributed by atoms with Gasteiger partial charge in [0, 0.05) is 24.5 Å². The van der Waals surface area contributed by atoms with Crippen LogP contribution >= 0.6 is 11.3 Å². The van der Waals surface area contributed by atoms with Gasteiger partial charge in [0.15, 0.2) is 5.96 Å². The van der Waals surface area contributed by atoms with Crippen molar-refractivity contribution in [2.24, 2.45) is 16.6 Å². The van der Waals surface area contributed by atoms with Gasteiger partial charge in [0.05, 0.1) is 24.7 Å². The van der Waals surface area contributed by atoms with Crippen LogP contribution in [0.4, 0.5) is 0 Å². The van der Waals surface area contributed by atoms with E-state index in [1.165, 1.54) is 16.0 Å². The number of nitrogens with zero attached hydrogens (tertiary/aromatic N) is 3. The molecule has 3 rings (SSSR count). The van der Waals surface area contributed by atoms with E-state index in [0.717, 1.165) is 55.7 Å². The molecule has 0 radical (unpaired) electrons. The third kappa shape index (κ3) is 7.04. The summed E-state index contributed by atoms with van der Waals surface area (Å²) >= 11 is 1.72. The van der Waals surface area contributed by atoms with Gasteiger partial charge in [-0.2, -0.15) is 0 Å². The van der Waals surface area contributed by atoms with Crippen LogP contribution in [0.2, 0.25) is 0 Å². The van der Waals surface area contributed by atoms with Crippen LogP contribution in [0.5, 0.6) is 0 Å². The molecule has 31 heavy (non-hydrogen) atoms. The van der Waals surface area contributed by atoms with Crippen LogP contribution in [-0.4, -0.2) is 41.4 Å². The third-order valence-corrected chi connectivity index (χ3v) is 6.62. The number of rotatable bonds is 8. The molecule has 1 aliphatic rings. The van der Waals surface area contributed by atoms with Gasteiger partial charge in [-0.3, -0.25) is 9.69 Å². The second-order valence-electron chi connectivity index (χ2n) is 8.09. The number of thiazole rings is 1. The molecular formula is C23H34N6OS. The second kappa shape index (κ2) is 11.2. The van der Waals surface area contributed by atoms with Crippen molar-refractivity contribution in [1.29, 1.82) is 0 Å². The molecule has 1 aliphatic heterocycles. The first-order valence-corrected chi connectivity index (χ1v) is 11.8. The van der Waals surface area contributed by atoms with Crippen LogP contribution in [-0.2, 0) is 24.4 Å². The number of carbonyl (C=O) groups excluding carboxylic acids is 1. The highest BCUT2D eigenvalue weighted by molar-refractivity contribution is 7.11. The lowest BCUT2D eigenvalue weighted by Crippen LogP contribution is -2.40. The van der Waals surface area contributed by atoms with Gasteiger partial charge in [0.25, 0.3) is 0 Å². The van der Waals surface area contributed by atoms with E-state index in [1.807, 2.05) is 6.92 Å². The van der Waals surface area contributed by atoms with Crippen molar-refractivity contribution in [3.05, 3.63) is 51.0 Å². The average molecular weight is 443 g/mol. The Kier molecular flexibility index (Phi) is 8.43. The topological polar surface area (TPSA) is 95.6 Å². The quantitative estimate of drug-likeness (QED) is 0.432. The zero-order valence-electron chi connectivity index (χ0n) is 18.8. The molecule has 1 atom stereocenters. The smallest absolute Gasteiger partial charge is 0.221 e. The van der Waals surface area contributed by atoms with Crippen LogP contribution in [0.3, 0.4) is 0 Å². The summed E-state index contributed by atoms with van der Waals surface area (Å²) in [5.41, 5.74) is 9.01. The van der Waals surface area contributed by atoms with Crippen molar-refractivity contribution in [2.75, 3.05) is 19.6 Å². The summed E-state index contributed by atoms with van der Waals surface area (Å²) in [6, 6.07) is 8.52. The van der Waals surface area contributed by atoms with Crippen LogP contribution in [0.1, 0.15) is 46.5 Å². The molecule has 4 N–H and O–H groups in total. The van der Waals surface area contributed by atoms with Crippen LogP contribution in [0, 0.1) is 19.8 Å². The molecule has 1 aromatic heterocycles. The van der Waals surface area contributed by atoms with Crippen LogP contribution in [0.15, 0.2) is 29.3 Å². The number of aryl methyl sites for hydroxylation is 2. The molecule has 2 aromatic rings. The number of primary amides is 1. The first-order valence-electron chi connectivity index (χ1n) is 11.0. The largest absolute Gasteiger partial charge is 0.369 e. The summed E-state index contributed by atoms with van der Waals surface area (Å²) in [6.45, 7) is 10.9. The van der Waals surface area contributed by atoms with Gasteiger partial charge in [-0.25, -0.2) is 9.98 Å². The number of hydrogen-bond acceptors (Lipinski definition) is 5. The molecule has 1 unspecified atom stereocenters. The molecule has 0 aliphatic carbocycles. The zero-order chi connectivity index (χ0) is 22.2. The van der Waals surface area contributed by atoms with Crippen molar-refractivity contribution in [3.8, 4) is 0 Å². The van der Waals surface area contributed by atoms with E-state index in [4.69, 9.17) is 10.7 Å². The minimum atomic E-state index is -0.181. The van der Waals surface area contributed by atoms with Crippen molar-refractivity contribution < 1.29 is 4.79 Å². The molecule has 1 amide bonds. The lowest BCUT2D eigenvalue weighted by molar-refractivity contribution is -0.123. The van der Waals surface area contributed by atoms with E-state index in [9.17, 15) is 4.79 Å². The number of carbonyl (C=O) groups is 1. The number of guanidine groups is 1. The number of aliphatic imine (C=N–C) groups is 1. The molecule has 0 spiro atoms. The summed E-state index contributed by atoms with van der Waals surface area (Å²) in [5.74, 6) is 0.582. The third-order valence-electron chi connectivity index (χ3n) is 5.55.